The van der Waals surface area contributed by atoms with Gasteiger partial charge in [0.1, 0.15) is 10.6 Å². The molecule has 0 spiro atoms. The van der Waals surface area contributed by atoms with Crippen LogP contribution in [0.25, 0.3) is 0 Å². The van der Waals surface area contributed by atoms with Crippen molar-refractivity contribution in [2.45, 2.75) is 85.6 Å². The van der Waals surface area contributed by atoms with Crippen LogP contribution in [0.5, 0.6) is 0 Å². The van der Waals surface area contributed by atoms with Crippen LogP contribution in [-0.2, 0) is 25.0 Å². The van der Waals surface area contributed by atoms with Crippen LogP contribution in [0, 0.1) is 16.6 Å². The molecule has 2 heterocycles. The molecule has 2 aromatic carbocycles. The Hall–Kier alpha value is -2.90. The summed E-state index contributed by atoms with van der Waals surface area (Å²) in [7, 11) is -4.56. The second-order valence-corrected chi connectivity index (χ2v) is 15.2. The van der Waals surface area contributed by atoms with Crippen LogP contribution in [0.15, 0.2) is 47.4 Å². The Morgan fingerprint density at radius 1 is 0.864 bits per heavy atom. The van der Waals surface area contributed by atoms with Gasteiger partial charge >= 0.3 is 18.0 Å². The number of rotatable bonds is 4. The second kappa shape index (κ2) is 9.56. The highest BCUT2D eigenvalue weighted by atomic mass is 32.2. The van der Waals surface area contributed by atoms with Gasteiger partial charge in [0.05, 0.1) is 10.9 Å². The maximum absolute atomic E-state index is 15.0. The molecule has 14 heteroatoms. The lowest BCUT2D eigenvalue weighted by molar-refractivity contribution is -0.348. The van der Waals surface area contributed by atoms with Crippen molar-refractivity contribution < 1.29 is 48.3 Å². The van der Waals surface area contributed by atoms with Gasteiger partial charge in [-0.2, -0.15) is 26.3 Å². The fourth-order valence-electron chi connectivity index (χ4n) is 7.94. The van der Waals surface area contributed by atoms with E-state index < -0.39 is 61.1 Å². The first-order chi connectivity index (χ1) is 20.3. The number of amides is 1. The molecule has 3 saturated carbocycles. The molecule has 1 saturated heterocycles. The highest BCUT2D eigenvalue weighted by Gasteiger charge is 2.74. The third kappa shape index (κ3) is 4.14. The van der Waals surface area contributed by atoms with Gasteiger partial charge in [-0.3, -0.25) is 4.79 Å². The molecule has 44 heavy (non-hydrogen) atoms. The lowest BCUT2D eigenvalue weighted by Crippen LogP contribution is -2.59. The number of nitrogens with one attached hydrogen (secondary N) is 1. The molecule has 240 valence electrons. The summed E-state index contributed by atoms with van der Waals surface area (Å²) in [5, 5.41) is 2.72. The van der Waals surface area contributed by atoms with Gasteiger partial charge in [0, 0.05) is 29.8 Å². The summed E-state index contributed by atoms with van der Waals surface area (Å²) in [5.74, 6) is -0.949. The van der Waals surface area contributed by atoms with Crippen LogP contribution in [0.1, 0.15) is 63.0 Å². The Balaban J connectivity index is 1.49. The topological polar surface area (TPSA) is 66.5 Å². The highest BCUT2D eigenvalue weighted by Crippen LogP contribution is 2.60. The number of nitrogens with zero attached hydrogens (tertiary/aromatic N) is 1. The summed E-state index contributed by atoms with van der Waals surface area (Å²) in [6.45, 7) is 1.81. The second-order valence-electron chi connectivity index (χ2n) is 13.0. The van der Waals surface area contributed by atoms with Crippen LogP contribution in [0.2, 0.25) is 0 Å². The number of carbonyl (C=O) groups is 1. The van der Waals surface area contributed by atoms with E-state index in [1.165, 1.54) is 4.90 Å². The lowest BCUT2D eigenvalue weighted by Gasteiger charge is -2.53. The summed E-state index contributed by atoms with van der Waals surface area (Å²) in [6, 6.07) is 4.23. The predicted octanol–water partition coefficient (Wildman–Crippen LogP) is 7.17. The minimum Gasteiger partial charge on any atom is -0.383 e. The van der Waals surface area contributed by atoms with Gasteiger partial charge in [0.2, 0.25) is 5.91 Å². The van der Waals surface area contributed by atoms with Gasteiger partial charge in [0.25, 0.3) is 0 Å². The molecule has 2 atom stereocenters. The summed E-state index contributed by atoms with van der Waals surface area (Å²) in [4.78, 5) is 15.4. The maximum Gasteiger partial charge on any atom is 0.435 e. The molecule has 5 aliphatic rings. The summed E-state index contributed by atoms with van der Waals surface area (Å²) >= 11 is 0. The largest absolute Gasteiger partial charge is 0.435 e. The third-order valence-corrected chi connectivity index (χ3v) is 13.3. The first-order valence-electron chi connectivity index (χ1n) is 14.3. The smallest absolute Gasteiger partial charge is 0.383 e. The molecule has 0 aromatic heterocycles. The monoisotopic (exact) mass is 650 g/mol. The summed E-state index contributed by atoms with van der Waals surface area (Å²) in [6.07, 6.45) is -8.54. The molecule has 7 rings (SSSR count). The number of benzene rings is 2. The van der Waals surface area contributed by atoms with E-state index in [9.17, 15) is 43.9 Å². The molecule has 1 N–H and O–H groups in total. The molecule has 2 aliphatic heterocycles. The number of likely N-dealkylation sites (tertiary alicyclic amines) is 1. The molecule has 2 unspecified atom stereocenters. The van der Waals surface area contributed by atoms with Gasteiger partial charge in [-0.1, -0.05) is 19.1 Å². The Morgan fingerprint density at radius 3 is 1.98 bits per heavy atom. The average Bonchev–Trinajstić information content (AvgIpc) is 3.37. The van der Waals surface area contributed by atoms with Crippen molar-refractivity contribution in [2.75, 3.05) is 18.4 Å². The molecular formula is C30H30F8N2O3S. The zero-order chi connectivity index (χ0) is 32.1. The minimum absolute atomic E-state index is 0.0377. The maximum atomic E-state index is 15.0. The van der Waals surface area contributed by atoms with Crippen LogP contribution < -0.4 is 5.32 Å². The Kier molecular flexibility index (Phi) is 6.75. The molecule has 4 fully saturated rings. The summed E-state index contributed by atoms with van der Waals surface area (Å²) in [5.41, 5.74) is -8.62. The van der Waals surface area contributed by atoms with Crippen molar-refractivity contribution in [2.24, 2.45) is 10.8 Å². The Morgan fingerprint density at radius 2 is 1.43 bits per heavy atom. The van der Waals surface area contributed by atoms with E-state index in [-0.39, 0.29) is 41.3 Å². The van der Waals surface area contributed by atoms with Gasteiger partial charge < -0.3 is 10.2 Å². The first kappa shape index (κ1) is 31.1. The zero-order valence-electron chi connectivity index (χ0n) is 23.6. The molecular weight excluding hydrogens is 620 g/mol. The normalized spacial score (nSPS) is 30.5. The van der Waals surface area contributed by atoms with Gasteiger partial charge in [-0.05, 0) is 86.3 Å². The number of anilines is 1. The molecule has 2 bridgehead atoms. The highest BCUT2D eigenvalue weighted by molar-refractivity contribution is 7.92. The number of sulfone groups is 1. The van der Waals surface area contributed by atoms with Crippen LogP contribution in [-0.4, -0.2) is 50.7 Å². The Bertz CT molecular complexity index is 1570. The van der Waals surface area contributed by atoms with Gasteiger partial charge in [-0.25, -0.2) is 17.2 Å². The fraction of sp³-hybridized carbons (Fsp3) is 0.567. The average molecular weight is 651 g/mol. The SMILES string of the molecule is CC12CCC(C(=O)N3CCC4(S(=O)(=O)c5ccc(F)cc5)c5ccc(C(F)(C(F)(F)F)C(F)(F)F)cc5NCC34)(CC1)CC2. The number of hydrogen-bond donors (Lipinski definition) is 1. The van der Waals surface area contributed by atoms with E-state index in [1.54, 1.807) is 0 Å². The zero-order valence-corrected chi connectivity index (χ0v) is 24.4. The van der Waals surface area contributed by atoms with E-state index >= 15 is 4.39 Å². The number of hydrogen-bond acceptors (Lipinski definition) is 4. The van der Waals surface area contributed by atoms with E-state index in [4.69, 9.17) is 0 Å². The molecule has 5 nitrogen and oxygen atoms in total. The van der Waals surface area contributed by atoms with Crippen LogP contribution in [0.3, 0.4) is 0 Å². The standard InChI is InChI=1S/C30H30F8N2O3S/c1-25-8-11-26(12-9-25,13-10-25)24(41)40-15-14-27(44(42,43)20-5-3-19(31)4-6-20)21-7-2-18(16-22(21)39-17-23(27)40)28(32,29(33,34)35)30(36,37)38/h2-7,16,23,39H,8-15,17H2,1H3. The molecule has 0 radical (unpaired) electrons. The van der Waals surface area contributed by atoms with Crippen molar-refractivity contribution in [1.29, 1.82) is 0 Å². The number of fused-ring (bicyclic) bond motifs is 6. The third-order valence-electron chi connectivity index (χ3n) is 10.7. The van der Waals surface area contributed by atoms with E-state index in [0.717, 1.165) is 49.6 Å². The van der Waals surface area contributed by atoms with Crippen LogP contribution >= 0.6 is 0 Å². The van der Waals surface area contributed by atoms with Gasteiger partial charge in [-0.15, -0.1) is 0 Å². The molecule has 1 amide bonds. The lowest BCUT2D eigenvalue weighted by atomic mass is 9.54. The number of halogens is 8. The minimum atomic E-state index is -6.36. The first-order valence-corrected chi connectivity index (χ1v) is 15.8. The van der Waals surface area contributed by atoms with Crippen LogP contribution in [0.4, 0.5) is 40.8 Å². The van der Waals surface area contributed by atoms with Crippen molar-refractivity contribution in [3.63, 3.8) is 0 Å². The fourth-order valence-corrected chi connectivity index (χ4v) is 10.3. The summed E-state index contributed by atoms with van der Waals surface area (Å²) < 4.78 is 137. The van der Waals surface area contributed by atoms with Crippen molar-refractivity contribution in [3.05, 3.63) is 59.4 Å². The molecule has 2 aromatic rings. The Labute approximate surface area is 248 Å². The number of carbonyl (C=O) groups excluding carboxylic acids is 1. The predicted molar refractivity (Wildman–Crippen MR) is 143 cm³/mol. The quantitative estimate of drug-likeness (QED) is 0.282. The van der Waals surface area contributed by atoms with E-state index in [2.05, 4.69) is 12.2 Å². The molecule has 3 aliphatic carbocycles. The van der Waals surface area contributed by atoms with E-state index in [0.29, 0.717) is 31.4 Å². The van der Waals surface area contributed by atoms with Crippen molar-refractivity contribution in [1.82, 2.24) is 4.90 Å². The van der Waals surface area contributed by atoms with E-state index in [1.807, 2.05) is 0 Å². The van der Waals surface area contributed by atoms with Gasteiger partial charge in [0.15, 0.2) is 9.84 Å². The van der Waals surface area contributed by atoms with Crippen molar-refractivity contribution >= 4 is 21.4 Å². The van der Waals surface area contributed by atoms with Crippen molar-refractivity contribution in [3.8, 4) is 0 Å². The number of alkyl halides is 7.